The number of sulfonamides is 1. The maximum atomic E-state index is 13.8. The molecule has 0 radical (unpaired) electrons. The third-order valence-corrected chi connectivity index (χ3v) is 6.82. The Morgan fingerprint density at radius 2 is 1.78 bits per heavy atom. The fourth-order valence-electron chi connectivity index (χ4n) is 3.60. The van der Waals surface area contributed by atoms with Crippen LogP contribution in [-0.2, 0) is 14.8 Å². The molecule has 1 aliphatic rings. The van der Waals surface area contributed by atoms with Gasteiger partial charge in [0.2, 0.25) is 10.0 Å². The van der Waals surface area contributed by atoms with E-state index in [1.54, 1.807) is 26.8 Å². The molecule has 174 valence electrons. The zero-order valence-corrected chi connectivity index (χ0v) is 19.4. The van der Waals surface area contributed by atoms with Crippen LogP contribution in [0.2, 0.25) is 0 Å². The lowest BCUT2D eigenvalue weighted by molar-refractivity contribution is 0.0162. The minimum atomic E-state index is -3.68. The molecular weight excluding hydrogens is 433 g/mol. The summed E-state index contributed by atoms with van der Waals surface area (Å²) in [4.78, 5) is 15.0. The summed E-state index contributed by atoms with van der Waals surface area (Å²) in [6.45, 7) is 8.10. The number of hydrogen-bond acceptors (Lipinski definition) is 5. The molecule has 0 saturated carbocycles. The van der Waals surface area contributed by atoms with Crippen molar-refractivity contribution in [2.75, 3.05) is 32.8 Å². The van der Waals surface area contributed by atoms with E-state index < -0.39 is 15.6 Å². The lowest BCUT2D eigenvalue weighted by Crippen LogP contribution is -2.43. The number of carbonyl (C=O) groups is 1. The summed E-state index contributed by atoms with van der Waals surface area (Å²) in [5.74, 6) is -0.653. The van der Waals surface area contributed by atoms with Crippen LogP contribution >= 0.6 is 0 Å². The molecule has 0 spiro atoms. The maximum absolute atomic E-state index is 13.8. The van der Waals surface area contributed by atoms with Crippen LogP contribution in [0.5, 0.6) is 0 Å². The number of morpholine rings is 1. The van der Waals surface area contributed by atoms with Gasteiger partial charge in [0.15, 0.2) is 0 Å². The number of nitrogens with one attached hydrogen (secondary N) is 2. The number of nitrogens with zero attached hydrogens (tertiary/aromatic N) is 1. The number of amides is 1. The van der Waals surface area contributed by atoms with Crippen molar-refractivity contribution in [1.29, 1.82) is 0 Å². The summed E-state index contributed by atoms with van der Waals surface area (Å²) in [6.07, 6.45) is 0. The SMILES string of the molecule is CC(C)(C)NS(=O)(=O)c1ccc(C(=O)NCC(c2cccc(F)c2)N2CCOCC2)cc1. The Morgan fingerprint density at radius 1 is 1.12 bits per heavy atom. The Bertz CT molecular complexity index is 1030. The molecule has 0 aliphatic carbocycles. The van der Waals surface area contributed by atoms with E-state index in [9.17, 15) is 17.6 Å². The van der Waals surface area contributed by atoms with Gasteiger partial charge in [-0.15, -0.1) is 0 Å². The molecule has 1 saturated heterocycles. The average Bonchev–Trinajstić information content (AvgIpc) is 2.73. The van der Waals surface area contributed by atoms with Crippen LogP contribution in [0.1, 0.15) is 42.7 Å². The van der Waals surface area contributed by atoms with Crippen LogP contribution in [0.3, 0.4) is 0 Å². The summed E-state index contributed by atoms with van der Waals surface area (Å²) < 4.78 is 46.7. The standard InChI is InChI=1S/C23H30FN3O4S/c1-23(2,3)26-32(29,30)20-9-7-17(8-10-20)22(28)25-16-21(27-11-13-31-14-12-27)18-5-4-6-19(24)15-18/h4-10,15,21,26H,11-14,16H2,1-3H3,(H,25,28). The fraction of sp³-hybridized carbons (Fsp3) is 0.435. The average molecular weight is 464 g/mol. The number of rotatable bonds is 7. The summed E-state index contributed by atoms with van der Waals surface area (Å²) in [5, 5.41) is 2.90. The Kier molecular flexibility index (Phi) is 7.66. The summed E-state index contributed by atoms with van der Waals surface area (Å²) in [7, 11) is -3.68. The molecule has 2 aromatic rings. The van der Waals surface area contributed by atoms with Crippen molar-refractivity contribution >= 4 is 15.9 Å². The topological polar surface area (TPSA) is 87.7 Å². The summed E-state index contributed by atoms with van der Waals surface area (Å²) in [6, 6.07) is 12.0. The van der Waals surface area contributed by atoms with Crippen LogP contribution in [0.25, 0.3) is 0 Å². The molecule has 9 heteroatoms. The Labute approximate surface area is 189 Å². The van der Waals surface area contributed by atoms with Gasteiger partial charge in [-0.25, -0.2) is 17.5 Å². The lowest BCUT2D eigenvalue weighted by Gasteiger charge is -2.35. The van der Waals surface area contributed by atoms with Gasteiger partial charge in [0.1, 0.15) is 5.82 Å². The monoisotopic (exact) mass is 463 g/mol. The second-order valence-electron chi connectivity index (χ2n) is 8.81. The molecule has 1 heterocycles. The van der Waals surface area contributed by atoms with Crippen molar-refractivity contribution in [3.63, 3.8) is 0 Å². The van der Waals surface area contributed by atoms with Crippen LogP contribution in [0.15, 0.2) is 53.4 Å². The quantitative estimate of drug-likeness (QED) is 0.659. The van der Waals surface area contributed by atoms with E-state index in [1.165, 1.54) is 36.4 Å². The summed E-state index contributed by atoms with van der Waals surface area (Å²) >= 11 is 0. The molecule has 2 aromatic carbocycles. The van der Waals surface area contributed by atoms with Crippen molar-refractivity contribution in [3.8, 4) is 0 Å². The Balaban J connectivity index is 1.70. The van der Waals surface area contributed by atoms with Gasteiger partial charge in [0, 0.05) is 30.7 Å². The van der Waals surface area contributed by atoms with Gasteiger partial charge in [0.05, 0.1) is 24.2 Å². The number of hydrogen-bond donors (Lipinski definition) is 2. The highest BCUT2D eigenvalue weighted by Gasteiger charge is 2.25. The second-order valence-corrected chi connectivity index (χ2v) is 10.5. The fourth-order valence-corrected chi connectivity index (χ4v) is 5.02. The lowest BCUT2D eigenvalue weighted by atomic mass is 10.0. The molecular formula is C23H30FN3O4S. The smallest absolute Gasteiger partial charge is 0.251 e. The first-order valence-corrected chi connectivity index (χ1v) is 12.0. The summed E-state index contributed by atoms with van der Waals surface area (Å²) in [5.41, 5.74) is 0.516. The number of benzene rings is 2. The van der Waals surface area contributed by atoms with Crippen LogP contribution in [0.4, 0.5) is 4.39 Å². The van der Waals surface area contributed by atoms with Gasteiger partial charge in [0.25, 0.3) is 5.91 Å². The van der Waals surface area contributed by atoms with Gasteiger partial charge >= 0.3 is 0 Å². The van der Waals surface area contributed by atoms with Gasteiger partial charge in [-0.05, 0) is 62.7 Å². The molecule has 1 amide bonds. The minimum Gasteiger partial charge on any atom is -0.379 e. The molecule has 1 atom stereocenters. The van der Waals surface area contributed by atoms with Crippen LogP contribution < -0.4 is 10.0 Å². The molecule has 3 rings (SSSR count). The maximum Gasteiger partial charge on any atom is 0.251 e. The molecule has 1 aliphatic heterocycles. The highest BCUT2D eigenvalue weighted by molar-refractivity contribution is 7.89. The third-order valence-electron chi connectivity index (χ3n) is 5.04. The molecule has 1 unspecified atom stereocenters. The minimum absolute atomic E-state index is 0.0925. The van der Waals surface area contributed by atoms with Gasteiger partial charge in [-0.3, -0.25) is 9.69 Å². The molecule has 0 bridgehead atoms. The van der Waals surface area contributed by atoms with E-state index in [2.05, 4.69) is 14.9 Å². The van der Waals surface area contributed by atoms with E-state index in [0.717, 1.165) is 5.56 Å². The molecule has 1 fully saturated rings. The van der Waals surface area contributed by atoms with Crippen LogP contribution in [-0.4, -0.2) is 57.6 Å². The first kappa shape index (κ1) is 24.3. The van der Waals surface area contributed by atoms with E-state index in [4.69, 9.17) is 4.74 Å². The molecule has 2 N–H and O–H groups in total. The van der Waals surface area contributed by atoms with Gasteiger partial charge < -0.3 is 10.1 Å². The van der Waals surface area contributed by atoms with Crippen LogP contribution in [0, 0.1) is 5.82 Å². The largest absolute Gasteiger partial charge is 0.379 e. The van der Waals surface area contributed by atoms with Crippen molar-refractivity contribution in [2.24, 2.45) is 0 Å². The predicted molar refractivity (Wildman–Crippen MR) is 120 cm³/mol. The highest BCUT2D eigenvalue weighted by atomic mass is 32.2. The van der Waals surface area contributed by atoms with E-state index in [-0.39, 0.29) is 29.2 Å². The van der Waals surface area contributed by atoms with Gasteiger partial charge in [-0.2, -0.15) is 0 Å². The van der Waals surface area contributed by atoms with Gasteiger partial charge in [-0.1, -0.05) is 12.1 Å². The molecule has 0 aromatic heterocycles. The number of carbonyl (C=O) groups excluding carboxylic acids is 1. The molecule has 32 heavy (non-hydrogen) atoms. The second kappa shape index (κ2) is 10.1. The van der Waals surface area contributed by atoms with Crippen molar-refractivity contribution in [2.45, 2.75) is 37.2 Å². The predicted octanol–water partition coefficient (Wildman–Crippen LogP) is 2.71. The van der Waals surface area contributed by atoms with Crippen molar-refractivity contribution < 1.29 is 22.3 Å². The number of ether oxygens (including phenoxy) is 1. The van der Waals surface area contributed by atoms with E-state index in [1.807, 2.05) is 6.07 Å². The normalized spacial score (nSPS) is 16.5. The first-order valence-electron chi connectivity index (χ1n) is 10.5. The Hall–Kier alpha value is -2.33. The third kappa shape index (κ3) is 6.59. The number of halogens is 1. The van der Waals surface area contributed by atoms with Crippen molar-refractivity contribution in [3.05, 3.63) is 65.5 Å². The Morgan fingerprint density at radius 3 is 2.38 bits per heavy atom. The highest BCUT2D eigenvalue weighted by Crippen LogP contribution is 2.22. The van der Waals surface area contributed by atoms with E-state index in [0.29, 0.717) is 31.9 Å². The zero-order chi connectivity index (χ0) is 23.4. The first-order chi connectivity index (χ1) is 15.0. The van der Waals surface area contributed by atoms with Crippen molar-refractivity contribution in [1.82, 2.24) is 14.9 Å². The van der Waals surface area contributed by atoms with E-state index >= 15 is 0 Å². The zero-order valence-electron chi connectivity index (χ0n) is 18.6. The molecule has 7 nitrogen and oxygen atoms in total.